The summed E-state index contributed by atoms with van der Waals surface area (Å²) in [4.78, 5) is 0. The molecule has 64 valence electrons. The molecule has 1 nitrogen and oxygen atoms in total. The van der Waals surface area contributed by atoms with E-state index in [2.05, 4.69) is 12.2 Å². The number of rotatable bonds is 1. The first-order valence-corrected chi connectivity index (χ1v) is 5.14. The first-order chi connectivity index (χ1) is 5.38. The van der Waals surface area contributed by atoms with Crippen LogP contribution in [-0.4, -0.2) is 12.1 Å². The largest absolute Gasteiger partial charge is 0.311 e. The van der Waals surface area contributed by atoms with E-state index >= 15 is 0 Å². The van der Waals surface area contributed by atoms with Crippen LogP contribution in [0, 0.1) is 5.92 Å². The molecule has 0 saturated carbocycles. The Bertz CT molecular complexity index is 121. The lowest BCUT2D eigenvalue weighted by atomic mass is 9.79. The molecule has 0 spiro atoms. The zero-order valence-corrected chi connectivity index (χ0v) is 7.47. The summed E-state index contributed by atoms with van der Waals surface area (Å²) in [7, 11) is 0. The molecule has 2 fully saturated rings. The van der Waals surface area contributed by atoms with Crippen LogP contribution < -0.4 is 5.32 Å². The van der Waals surface area contributed by atoms with Crippen LogP contribution in [0.25, 0.3) is 0 Å². The minimum Gasteiger partial charge on any atom is -0.311 e. The average molecular weight is 153 g/mol. The van der Waals surface area contributed by atoms with Crippen molar-refractivity contribution in [3.63, 3.8) is 0 Å². The lowest BCUT2D eigenvalue weighted by molar-refractivity contribution is 0.183. The van der Waals surface area contributed by atoms with Gasteiger partial charge in [-0.25, -0.2) is 0 Å². The summed E-state index contributed by atoms with van der Waals surface area (Å²) >= 11 is 0. The van der Waals surface area contributed by atoms with Crippen LogP contribution in [0.1, 0.15) is 45.4 Å². The molecule has 0 aromatic carbocycles. The van der Waals surface area contributed by atoms with Crippen LogP contribution in [0.5, 0.6) is 0 Å². The zero-order chi connectivity index (χ0) is 7.68. The maximum atomic E-state index is 3.72. The van der Waals surface area contributed by atoms with Crippen LogP contribution >= 0.6 is 0 Å². The normalized spacial score (nSPS) is 43.9. The minimum atomic E-state index is 0.882. The Morgan fingerprint density at radius 3 is 2.36 bits per heavy atom. The highest BCUT2D eigenvalue weighted by Crippen LogP contribution is 2.30. The van der Waals surface area contributed by atoms with Gasteiger partial charge in [-0.2, -0.15) is 0 Å². The zero-order valence-electron chi connectivity index (χ0n) is 7.47. The van der Waals surface area contributed by atoms with Gasteiger partial charge in [0.2, 0.25) is 0 Å². The summed E-state index contributed by atoms with van der Waals surface area (Å²) in [5.41, 5.74) is 0. The SMILES string of the molecule is CCC1CC2CCCC(C1)N2. The summed E-state index contributed by atoms with van der Waals surface area (Å²) < 4.78 is 0. The maximum Gasteiger partial charge on any atom is 0.00723 e. The Morgan fingerprint density at radius 2 is 1.82 bits per heavy atom. The molecule has 11 heavy (non-hydrogen) atoms. The van der Waals surface area contributed by atoms with Crippen molar-refractivity contribution in [3.05, 3.63) is 0 Å². The Balaban J connectivity index is 1.94. The fraction of sp³-hybridized carbons (Fsp3) is 1.00. The maximum absolute atomic E-state index is 3.72. The predicted molar refractivity (Wildman–Crippen MR) is 47.6 cm³/mol. The quantitative estimate of drug-likeness (QED) is 0.609. The van der Waals surface area contributed by atoms with Gasteiger partial charge in [0.15, 0.2) is 0 Å². The first-order valence-electron chi connectivity index (χ1n) is 5.14. The van der Waals surface area contributed by atoms with Crippen molar-refractivity contribution < 1.29 is 0 Å². The van der Waals surface area contributed by atoms with E-state index in [1.54, 1.807) is 0 Å². The summed E-state index contributed by atoms with van der Waals surface area (Å²) in [5, 5.41) is 3.72. The van der Waals surface area contributed by atoms with E-state index in [9.17, 15) is 0 Å². The van der Waals surface area contributed by atoms with E-state index in [1.165, 1.54) is 38.5 Å². The Kier molecular flexibility index (Phi) is 2.17. The van der Waals surface area contributed by atoms with Crippen LogP contribution in [0.3, 0.4) is 0 Å². The molecule has 2 heterocycles. The minimum absolute atomic E-state index is 0.882. The monoisotopic (exact) mass is 153 g/mol. The molecule has 1 N–H and O–H groups in total. The molecule has 1 heteroatoms. The third-order valence-electron chi connectivity index (χ3n) is 3.39. The Morgan fingerprint density at radius 1 is 1.18 bits per heavy atom. The Hall–Kier alpha value is -0.0400. The summed E-state index contributed by atoms with van der Waals surface area (Å²) in [6.07, 6.45) is 8.65. The molecule has 0 aliphatic carbocycles. The second-order valence-electron chi connectivity index (χ2n) is 4.24. The third kappa shape index (κ3) is 1.58. The molecule has 2 saturated heterocycles. The van der Waals surface area contributed by atoms with E-state index < -0.39 is 0 Å². The highest BCUT2D eigenvalue weighted by atomic mass is 15.0. The molecule has 0 radical (unpaired) electrons. The number of nitrogens with one attached hydrogen (secondary N) is 1. The highest BCUT2D eigenvalue weighted by Gasteiger charge is 2.29. The van der Waals surface area contributed by atoms with Crippen molar-refractivity contribution in [2.75, 3.05) is 0 Å². The van der Waals surface area contributed by atoms with Gasteiger partial charge in [0.25, 0.3) is 0 Å². The van der Waals surface area contributed by atoms with Crippen molar-refractivity contribution in [1.82, 2.24) is 5.32 Å². The van der Waals surface area contributed by atoms with Crippen molar-refractivity contribution in [2.24, 2.45) is 5.92 Å². The van der Waals surface area contributed by atoms with Crippen molar-refractivity contribution in [2.45, 2.75) is 57.5 Å². The molecule has 2 bridgehead atoms. The second kappa shape index (κ2) is 3.14. The first kappa shape index (κ1) is 7.60. The van der Waals surface area contributed by atoms with Gasteiger partial charge in [0.05, 0.1) is 0 Å². The van der Waals surface area contributed by atoms with Gasteiger partial charge in [-0.05, 0) is 31.6 Å². The summed E-state index contributed by atoms with van der Waals surface area (Å²) in [6.45, 7) is 2.34. The van der Waals surface area contributed by atoms with Gasteiger partial charge in [0, 0.05) is 12.1 Å². The molecule has 2 aliphatic heterocycles. The van der Waals surface area contributed by atoms with E-state index in [0.29, 0.717) is 0 Å². The Labute approximate surface area is 69.6 Å². The van der Waals surface area contributed by atoms with Crippen molar-refractivity contribution in [3.8, 4) is 0 Å². The van der Waals surface area contributed by atoms with Crippen LogP contribution in [0.15, 0.2) is 0 Å². The number of piperidine rings is 2. The molecule has 2 atom stereocenters. The molecule has 0 amide bonds. The predicted octanol–water partition coefficient (Wildman–Crippen LogP) is 2.32. The fourth-order valence-corrected chi connectivity index (χ4v) is 2.72. The molecule has 2 aliphatic rings. The lowest BCUT2D eigenvalue weighted by Crippen LogP contribution is -2.48. The van der Waals surface area contributed by atoms with Gasteiger partial charge in [-0.3, -0.25) is 0 Å². The van der Waals surface area contributed by atoms with Crippen molar-refractivity contribution >= 4 is 0 Å². The smallest absolute Gasteiger partial charge is 0.00723 e. The lowest BCUT2D eigenvalue weighted by Gasteiger charge is -2.40. The van der Waals surface area contributed by atoms with Gasteiger partial charge >= 0.3 is 0 Å². The topological polar surface area (TPSA) is 12.0 Å². The van der Waals surface area contributed by atoms with Gasteiger partial charge < -0.3 is 5.32 Å². The summed E-state index contributed by atoms with van der Waals surface area (Å²) in [5.74, 6) is 1.03. The van der Waals surface area contributed by atoms with Crippen LogP contribution in [0.4, 0.5) is 0 Å². The molecule has 2 rings (SSSR count). The van der Waals surface area contributed by atoms with Gasteiger partial charge in [0.1, 0.15) is 0 Å². The number of hydrogen-bond donors (Lipinski definition) is 1. The van der Waals surface area contributed by atoms with E-state index in [-0.39, 0.29) is 0 Å². The average Bonchev–Trinajstić information content (AvgIpc) is 2.03. The van der Waals surface area contributed by atoms with Gasteiger partial charge in [-0.1, -0.05) is 19.8 Å². The summed E-state index contributed by atoms with van der Waals surface area (Å²) in [6, 6.07) is 1.76. The fourth-order valence-electron chi connectivity index (χ4n) is 2.72. The van der Waals surface area contributed by atoms with Crippen LogP contribution in [-0.2, 0) is 0 Å². The van der Waals surface area contributed by atoms with E-state index in [1.807, 2.05) is 0 Å². The number of hydrogen-bond acceptors (Lipinski definition) is 1. The highest BCUT2D eigenvalue weighted by molar-refractivity contribution is 4.88. The third-order valence-corrected chi connectivity index (χ3v) is 3.39. The molecule has 0 aromatic heterocycles. The molecular formula is C10H19N. The second-order valence-corrected chi connectivity index (χ2v) is 4.24. The van der Waals surface area contributed by atoms with E-state index in [0.717, 1.165) is 18.0 Å². The molecular weight excluding hydrogens is 134 g/mol. The van der Waals surface area contributed by atoms with Crippen LogP contribution in [0.2, 0.25) is 0 Å². The van der Waals surface area contributed by atoms with Gasteiger partial charge in [-0.15, -0.1) is 0 Å². The molecule has 0 aromatic rings. The number of fused-ring (bicyclic) bond motifs is 2. The van der Waals surface area contributed by atoms with Crippen molar-refractivity contribution in [1.29, 1.82) is 0 Å². The van der Waals surface area contributed by atoms with E-state index in [4.69, 9.17) is 0 Å². The standard InChI is InChI=1S/C10H19N/c1-2-8-6-9-4-3-5-10(7-8)11-9/h8-11H,2-7H2,1H3. The molecule has 2 unspecified atom stereocenters.